The number of carbonyl (C=O) groups excluding carboxylic acids is 1. The molecule has 1 atom stereocenters. The van der Waals surface area contributed by atoms with Crippen molar-refractivity contribution in [2.45, 2.75) is 38.1 Å². The molecule has 1 amide bonds. The molecule has 0 radical (unpaired) electrons. The van der Waals surface area contributed by atoms with E-state index in [1.165, 1.54) is 6.07 Å². The number of carbonyl (C=O) groups is 1. The van der Waals surface area contributed by atoms with Crippen molar-refractivity contribution in [3.8, 4) is 0 Å². The molecule has 5 rings (SSSR count). The fraction of sp³-hybridized carbons (Fsp3) is 0.440. The van der Waals surface area contributed by atoms with Crippen molar-refractivity contribution in [1.82, 2.24) is 19.4 Å². The maximum atomic E-state index is 13.8. The van der Waals surface area contributed by atoms with E-state index in [1.54, 1.807) is 12.3 Å². The topological polar surface area (TPSA) is 41.4 Å². The lowest BCUT2D eigenvalue weighted by Crippen LogP contribution is -2.34. The molecule has 4 heterocycles. The summed E-state index contributed by atoms with van der Waals surface area (Å²) in [6.07, 6.45) is 8.27. The highest BCUT2D eigenvalue weighted by Gasteiger charge is 2.25. The number of aryl methyl sites for hydroxylation is 1. The number of aromatic nitrogens is 2. The predicted molar refractivity (Wildman–Crippen MR) is 120 cm³/mol. The molecular weight excluding hydrogens is 391 g/mol. The number of piperidine rings is 1. The molecule has 2 saturated heterocycles. The van der Waals surface area contributed by atoms with Crippen molar-refractivity contribution in [2.75, 3.05) is 26.2 Å². The van der Waals surface area contributed by atoms with Crippen LogP contribution in [0.4, 0.5) is 4.39 Å². The zero-order chi connectivity index (χ0) is 21.4. The monoisotopic (exact) mass is 420 g/mol. The summed E-state index contributed by atoms with van der Waals surface area (Å²) < 4.78 is 15.9. The molecular formula is C25H29FN4O. The smallest absolute Gasteiger partial charge is 0.255 e. The lowest BCUT2D eigenvalue weighted by Gasteiger charge is -2.32. The van der Waals surface area contributed by atoms with Crippen LogP contribution < -0.4 is 0 Å². The molecule has 162 valence electrons. The van der Waals surface area contributed by atoms with E-state index in [9.17, 15) is 9.18 Å². The van der Waals surface area contributed by atoms with Gasteiger partial charge in [0, 0.05) is 68.1 Å². The van der Waals surface area contributed by atoms with Crippen LogP contribution in [0.2, 0.25) is 0 Å². The first kappa shape index (κ1) is 20.2. The van der Waals surface area contributed by atoms with Gasteiger partial charge in [-0.15, -0.1) is 0 Å². The van der Waals surface area contributed by atoms with Gasteiger partial charge in [0.2, 0.25) is 0 Å². The fourth-order valence-corrected chi connectivity index (χ4v) is 5.13. The standard InChI is InChI=1S/C25H29FN4O/c1-28-15-20(22-13-21(26)7-9-24(22)28)17-29-10-4-5-19(16-29)23-8-6-18(14-27-23)25(31)30-11-2-3-12-30/h6-9,13-15,19H,2-5,10-12,16-17H2,1H3/t19-/m1/s1. The normalized spacial score (nSPS) is 19.9. The highest BCUT2D eigenvalue weighted by atomic mass is 19.1. The number of fused-ring (bicyclic) bond motifs is 1. The summed E-state index contributed by atoms with van der Waals surface area (Å²) in [5.74, 6) is 0.269. The minimum Gasteiger partial charge on any atom is -0.350 e. The summed E-state index contributed by atoms with van der Waals surface area (Å²) in [6.45, 7) is 4.49. The third-order valence-corrected chi connectivity index (χ3v) is 6.78. The third-order valence-electron chi connectivity index (χ3n) is 6.78. The largest absolute Gasteiger partial charge is 0.350 e. The van der Waals surface area contributed by atoms with Crippen molar-refractivity contribution in [2.24, 2.45) is 7.05 Å². The van der Waals surface area contributed by atoms with E-state index in [2.05, 4.69) is 20.6 Å². The van der Waals surface area contributed by atoms with E-state index in [-0.39, 0.29) is 11.7 Å². The van der Waals surface area contributed by atoms with E-state index < -0.39 is 0 Å². The highest BCUT2D eigenvalue weighted by Crippen LogP contribution is 2.29. The molecule has 6 heteroatoms. The van der Waals surface area contributed by atoms with Crippen LogP contribution in [-0.4, -0.2) is 51.4 Å². The average Bonchev–Trinajstić information content (AvgIpc) is 3.42. The van der Waals surface area contributed by atoms with Crippen molar-refractivity contribution in [3.05, 3.63) is 65.4 Å². The van der Waals surface area contributed by atoms with Crippen LogP contribution in [0.15, 0.2) is 42.7 Å². The van der Waals surface area contributed by atoms with Gasteiger partial charge >= 0.3 is 0 Å². The second-order valence-electron chi connectivity index (χ2n) is 8.97. The number of hydrogen-bond acceptors (Lipinski definition) is 3. The molecule has 0 unspecified atom stereocenters. The van der Waals surface area contributed by atoms with Crippen molar-refractivity contribution >= 4 is 16.8 Å². The molecule has 2 aliphatic rings. The van der Waals surface area contributed by atoms with Crippen LogP contribution in [0.3, 0.4) is 0 Å². The van der Waals surface area contributed by atoms with Crippen LogP contribution >= 0.6 is 0 Å². The van der Waals surface area contributed by atoms with Gasteiger partial charge < -0.3 is 9.47 Å². The van der Waals surface area contributed by atoms with Crippen molar-refractivity contribution in [1.29, 1.82) is 0 Å². The number of nitrogens with zero attached hydrogens (tertiary/aromatic N) is 4. The molecule has 0 spiro atoms. The Hall–Kier alpha value is -2.73. The number of likely N-dealkylation sites (tertiary alicyclic amines) is 2. The van der Waals surface area contributed by atoms with Gasteiger partial charge in [-0.3, -0.25) is 14.7 Å². The molecule has 0 saturated carbocycles. The Kier molecular flexibility index (Phi) is 5.48. The minimum absolute atomic E-state index is 0.102. The quantitative estimate of drug-likeness (QED) is 0.631. The molecule has 1 aromatic carbocycles. The zero-order valence-electron chi connectivity index (χ0n) is 18.1. The van der Waals surface area contributed by atoms with E-state index in [0.717, 1.165) is 80.6 Å². The first-order valence-electron chi connectivity index (χ1n) is 11.3. The first-order valence-corrected chi connectivity index (χ1v) is 11.3. The summed E-state index contributed by atoms with van der Waals surface area (Å²) in [5, 5.41) is 0.993. The first-order chi connectivity index (χ1) is 15.1. The number of amides is 1. The maximum absolute atomic E-state index is 13.8. The van der Waals surface area contributed by atoms with Crippen LogP contribution in [0.25, 0.3) is 10.9 Å². The number of halogens is 1. The van der Waals surface area contributed by atoms with Gasteiger partial charge in [0.1, 0.15) is 5.82 Å². The van der Waals surface area contributed by atoms with Crippen LogP contribution in [-0.2, 0) is 13.6 Å². The number of rotatable bonds is 4. The van der Waals surface area contributed by atoms with Gasteiger partial charge in [-0.05, 0) is 68.1 Å². The molecule has 2 aromatic heterocycles. The van der Waals surface area contributed by atoms with Gasteiger partial charge in [-0.1, -0.05) is 0 Å². The SMILES string of the molecule is Cn1cc(CN2CCC[C@@H](c3ccc(C(=O)N4CCCC4)cn3)C2)c2cc(F)ccc21. The second-order valence-corrected chi connectivity index (χ2v) is 8.97. The Labute approximate surface area is 182 Å². The fourth-order valence-electron chi connectivity index (χ4n) is 5.13. The van der Waals surface area contributed by atoms with E-state index in [1.807, 2.05) is 30.1 Å². The average molecular weight is 421 g/mol. The molecule has 0 bridgehead atoms. The van der Waals surface area contributed by atoms with E-state index in [0.29, 0.717) is 11.5 Å². The lowest BCUT2D eigenvalue weighted by molar-refractivity contribution is 0.0792. The Balaban J connectivity index is 1.28. The van der Waals surface area contributed by atoms with Gasteiger partial charge in [-0.2, -0.15) is 0 Å². The molecule has 2 aliphatic heterocycles. The Morgan fingerprint density at radius 2 is 1.97 bits per heavy atom. The molecule has 5 nitrogen and oxygen atoms in total. The van der Waals surface area contributed by atoms with Gasteiger partial charge in [0.25, 0.3) is 5.91 Å². The summed E-state index contributed by atoms with van der Waals surface area (Å²) in [5.41, 5.74) is 3.98. The molecule has 3 aromatic rings. The summed E-state index contributed by atoms with van der Waals surface area (Å²) in [4.78, 5) is 21.6. The number of pyridine rings is 1. The minimum atomic E-state index is -0.191. The van der Waals surface area contributed by atoms with Gasteiger partial charge in [0.05, 0.1) is 5.56 Å². The van der Waals surface area contributed by atoms with Crippen LogP contribution in [0.5, 0.6) is 0 Å². The van der Waals surface area contributed by atoms with Crippen molar-refractivity contribution in [3.63, 3.8) is 0 Å². The number of benzene rings is 1. The van der Waals surface area contributed by atoms with Crippen molar-refractivity contribution < 1.29 is 9.18 Å². The van der Waals surface area contributed by atoms with Crippen LogP contribution in [0.1, 0.15) is 53.2 Å². The van der Waals surface area contributed by atoms with Crippen LogP contribution in [0, 0.1) is 5.82 Å². The Morgan fingerprint density at radius 1 is 1.13 bits per heavy atom. The summed E-state index contributed by atoms with van der Waals surface area (Å²) in [7, 11) is 2.01. The number of hydrogen-bond donors (Lipinski definition) is 0. The Morgan fingerprint density at radius 3 is 2.74 bits per heavy atom. The predicted octanol–water partition coefficient (Wildman–Crippen LogP) is 4.33. The van der Waals surface area contributed by atoms with Gasteiger partial charge in [-0.25, -0.2) is 4.39 Å². The zero-order valence-corrected chi connectivity index (χ0v) is 18.1. The maximum Gasteiger partial charge on any atom is 0.255 e. The van der Waals surface area contributed by atoms with Gasteiger partial charge in [0.15, 0.2) is 0 Å². The lowest BCUT2D eigenvalue weighted by atomic mass is 9.93. The third kappa shape index (κ3) is 4.09. The Bertz CT molecular complexity index is 1080. The second kappa shape index (κ2) is 8.42. The van der Waals surface area contributed by atoms with E-state index in [4.69, 9.17) is 0 Å². The summed E-state index contributed by atoms with van der Waals surface area (Å²) in [6, 6.07) is 8.98. The molecule has 0 aliphatic carbocycles. The molecule has 31 heavy (non-hydrogen) atoms. The molecule has 0 N–H and O–H groups in total. The van der Waals surface area contributed by atoms with E-state index >= 15 is 0 Å². The summed E-state index contributed by atoms with van der Waals surface area (Å²) >= 11 is 0. The molecule has 2 fully saturated rings. The highest BCUT2D eigenvalue weighted by molar-refractivity contribution is 5.94.